The summed E-state index contributed by atoms with van der Waals surface area (Å²) in [5.74, 6) is -0.326. The van der Waals surface area contributed by atoms with E-state index in [9.17, 15) is 4.79 Å². The third kappa shape index (κ3) is 18.9. The summed E-state index contributed by atoms with van der Waals surface area (Å²) in [6.07, 6.45) is 21.7. The summed E-state index contributed by atoms with van der Waals surface area (Å²) in [7, 11) is 0. The lowest BCUT2D eigenvalue weighted by Crippen LogP contribution is -2.46. The Morgan fingerprint density at radius 1 is 0.828 bits per heavy atom. The van der Waals surface area contributed by atoms with Gasteiger partial charge in [0.25, 0.3) is 0 Å². The van der Waals surface area contributed by atoms with Crippen molar-refractivity contribution in [3.05, 3.63) is 12.2 Å². The van der Waals surface area contributed by atoms with E-state index in [2.05, 4.69) is 32.7 Å². The van der Waals surface area contributed by atoms with E-state index in [1.165, 1.54) is 96.3 Å². The first kappa shape index (κ1) is 28.2. The maximum atomic E-state index is 11.6. The Hall–Kier alpha value is -0.830. The SMILES string of the molecule is C=C(C)C(=O)OC(C)NC(C)(C)CCCCCCCCCCCCCCCCC. The maximum Gasteiger partial charge on any atom is 0.334 e. The molecule has 0 fully saturated rings. The Labute approximate surface area is 182 Å². The van der Waals surface area contributed by atoms with Gasteiger partial charge in [0.05, 0.1) is 0 Å². The molecule has 0 aromatic carbocycles. The third-order valence-electron chi connectivity index (χ3n) is 5.63. The van der Waals surface area contributed by atoms with Crippen LogP contribution in [0, 0.1) is 0 Å². The predicted octanol–water partition coefficient (Wildman–Crippen LogP) is 8.08. The van der Waals surface area contributed by atoms with E-state index in [0.717, 1.165) is 6.42 Å². The monoisotopic (exact) mass is 409 g/mol. The van der Waals surface area contributed by atoms with Crippen LogP contribution in [0.2, 0.25) is 0 Å². The molecule has 172 valence electrons. The minimum absolute atomic E-state index is 0.0225. The van der Waals surface area contributed by atoms with Crippen molar-refractivity contribution in [1.82, 2.24) is 5.32 Å². The summed E-state index contributed by atoms with van der Waals surface area (Å²) in [4.78, 5) is 11.6. The van der Waals surface area contributed by atoms with E-state index in [4.69, 9.17) is 4.74 Å². The molecule has 0 spiro atoms. The summed E-state index contributed by atoms with van der Waals surface area (Å²) in [5.41, 5.74) is 0.421. The zero-order valence-corrected chi connectivity index (χ0v) is 20.4. The van der Waals surface area contributed by atoms with Crippen molar-refractivity contribution in [3.63, 3.8) is 0 Å². The molecular formula is C26H51NO2. The molecule has 3 nitrogen and oxygen atoms in total. The molecule has 0 amide bonds. The molecule has 0 saturated heterocycles. The molecule has 0 bridgehead atoms. The minimum atomic E-state index is -0.326. The van der Waals surface area contributed by atoms with E-state index >= 15 is 0 Å². The quantitative estimate of drug-likeness (QED) is 0.0955. The third-order valence-corrected chi connectivity index (χ3v) is 5.63. The number of esters is 1. The van der Waals surface area contributed by atoms with Crippen LogP contribution in [-0.2, 0) is 9.53 Å². The summed E-state index contributed by atoms with van der Waals surface area (Å²) < 4.78 is 5.33. The molecule has 1 unspecified atom stereocenters. The molecule has 0 aromatic heterocycles. The number of ether oxygens (including phenoxy) is 1. The number of carbonyl (C=O) groups is 1. The van der Waals surface area contributed by atoms with Crippen molar-refractivity contribution in [2.75, 3.05) is 0 Å². The number of hydrogen-bond donors (Lipinski definition) is 1. The van der Waals surface area contributed by atoms with Gasteiger partial charge in [-0.15, -0.1) is 0 Å². The molecular weight excluding hydrogens is 358 g/mol. The Bertz CT molecular complexity index is 417. The Kier molecular flexibility index (Phi) is 17.5. The molecule has 0 aliphatic rings. The van der Waals surface area contributed by atoms with Crippen LogP contribution in [0.25, 0.3) is 0 Å². The number of carbonyl (C=O) groups excluding carboxylic acids is 1. The molecule has 0 heterocycles. The Morgan fingerprint density at radius 3 is 1.59 bits per heavy atom. The van der Waals surface area contributed by atoms with Crippen LogP contribution < -0.4 is 5.32 Å². The average Bonchev–Trinajstić information content (AvgIpc) is 2.64. The van der Waals surface area contributed by atoms with Crippen molar-refractivity contribution in [1.29, 1.82) is 0 Å². The van der Waals surface area contributed by atoms with Crippen LogP contribution in [-0.4, -0.2) is 17.7 Å². The lowest BCUT2D eigenvalue weighted by atomic mass is 9.95. The summed E-state index contributed by atoms with van der Waals surface area (Å²) >= 11 is 0. The zero-order valence-electron chi connectivity index (χ0n) is 20.4. The van der Waals surface area contributed by atoms with Crippen LogP contribution in [0.5, 0.6) is 0 Å². The van der Waals surface area contributed by atoms with Gasteiger partial charge in [-0.25, -0.2) is 4.79 Å². The van der Waals surface area contributed by atoms with Gasteiger partial charge in [-0.1, -0.05) is 110 Å². The minimum Gasteiger partial charge on any atom is -0.444 e. The normalized spacial score (nSPS) is 12.7. The summed E-state index contributed by atoms with van der Waals surface area (Å²) in [6.45, 7) is 13.8. The lowest BCUT2D eigenvalue weighted by Gasteiger charge is -2.30. The largest absolute Gasteiger partial charge is 0.444 e. The Morgan fingerprint density at radius 2 is 1.21 bits per heavy atom. The standard InChI is InChI=1S/C26H51NO2/c1-7-8-9-10-11-12-13-14-15-16-17-18-19-20-21-22-26(5,6)27-24(4)29-25(28)23(2)3/h24,27H,2,7-22H2,1,3-6H3. The van der Waals surface area contributed by atoms with Crippen molar-refractivity contribution in [2.24, 2.45) is 0 Å². The Balaban J connectivity index is 3.48. The maximum absolute atomic E-state index is 11.6. The molecule has 1 atom stereocenters. The fraction of sp³-hybridized carbons (Fsp3) is 0.885. The molecule has 0 aliphatic carbocycles. The first-order valence-corrected chi connectivity index (χ1v) is 12.4. The second-order valence-electron chi connectivity index (χ2n) is 9.56. The van der Waals surface area contributed by atoms with Crippen LogP contribution in [0.4, 0.5) is 0 Å². The lowest BCUT2D eigenvalue weighted by molar-refractivity contribution is -0.145. The molecule has 1 N–H and O–H groups in total. The van der Waals surface area contributed by atoms with Gasteiger partial charge in [0.15, 0.2) is 6.23 Å². The predicted molar refractivity (Wildman–Crippen MR) is 127 cm³/mol. The van der Waals surface area contributed by atoms with Crippen LogP contribution >= 0.6 is 0 Å². The highest BCUT2D eigenvalue weighted by molar-refractivity contribution is 5.87. The number of rotatable bonds is 20. The average molecular weight is 410 g/mol. The molecule has 0 aliphatic heterocycles. The van der Waals surface area contributed by atoms with E-state index in [-0.39, 0.29) is 17.7 Å². The van der Waals surface area contributed by atoms with E-state index in [1.807, 2.05) is 6.92 Å². The number of unbranched alkanes of at least 4 members (excludes halogenated alkanes) is 14. The van der Waals surface area contributed by atoms with E-state index in [1.54, 1.807) is 6.92 Å². The van der Waals surface area contributed by atoms with Gasteiger partial charge in [-0.2, -0.15) is 0 Å². The molecule has 0 aromatic rings. The molecule has 29 heavy (non-hydrogen) atoms. The van der Waals surface area contributed by atoms with Crippen molar-refractivity contribution in [3.8, 4) is 0 Å². The van der Waals surface area contributed by atoms with Crippen LogP contribution in [0.3, 0.4) is 0 Å². The van der Waals surface area contributed by atoms with E-state index in [0.29, 0.717) is 5.57 Å². The second kappa shape index (κ2) is 18.0. The zero-order chi connectivity index (χ0) is 22.0. The van der Waals surface area contributed by atoms with Gasteiger partial charge in [-0.3, -0.25) is 5.32 Å². The first-order chi connectivity index (χ1) is 13.8. The fourth-order valence-electron chi connectivity index (χ4n) is 3.85. The van der Waals surface area contributed by atoms with E-state index < -0.39 is 0 Å². The highest BCUT2D eigenvalue weighted by Gasteiger charge is 2.21. The van der Waals surface area contributed by atoms with Crippen molar-refractivity contribution < 1.29 is 9.53 Å². The molecule has 0 saturated carbocycles. The number of nitrogens with one attached hydrogen (secondary N) is 1. The van der Waals surface area contributed by atoms with Gasteiger partial charge in [0.2, 0.25) is 0 Å². The first-order valence-electron chi connectivity index (χ1n) is 12.4. The molecule has 3 heteroatoms. The summed E-state index contributed by atoms with van der Waals surface area (Å²) in [5, 5.41) is 3.41. The van der Waals surface area contributed by atoms with Crippen LogP contribution in [0.1, 0.15) is 137 Å². The van der Waals surface area contributed by atoms with Gasteiger partial charge >= 0.3 is 5.97 Å². The van der Waals surface area contributed by atoms with Gasteiger partial charge in [-0.05, 0) is 34.1 Å². The smallest absolute Gasteiger partial charge is 0.334 e. The van der Waals surface area contributed by atoms with Crippen molar-refractivity contribution in [2.45, 2.75) is 149 Å². The van der Waals surface area contributed by atoms with Gasteiger partial charge in [0.1, 0.15) is 0 Å². The summed E-state index contributed by atoms with van der Waals surface area (Å²) in [6, 6.07) is 0. The molecule has 0 rings (SSSR count). The highest BCUT2D eigenvalue weighted by atomic mass is 16.6. The van der Waals surface area contributed by atoms with Crippen molar-refractivity contribution >= 4 is 5.97 Å². The topological polar surface area (TPSA) is 38.3 Å². The number of hydrogen-bond acceptors (Lipinski definition) is 3. The van der Waals surface area contributed by atoms with Crippen LogP contribution in [0.15, 0.2) is 12.2 Å². The highest BCUT2D eigenvalue weighted by Crippen LogP contribution is 2.18. The molecule has 0 radical (unpaired) electrons. The van der Waals surface area contributed by atoms with Gasteiger partial charge in [0, 0.05) is 11.1 Å². The van der Waals surface area contributed by atoms with Gasteiger partial charge < -0.3 is 4.74 Å². The fourth-order valence-corrected chi connectivity index (χ4v) is 3.85. The second-order valence-corrected chi connectivity index (χ2v) is 9.56.